The summed E-state index contributed by atoms with van der Waals surface area (Å²) in [5.74, 6) is 0.0830. The Balaban J connectivity index is 2.73. The van der Waals surface area contributed by atoms with Crippen LogP contribution in [0.5, 0.6) is 0 Å². The molecule has 0 atom stereocenters. The van der Waals surface area contributed by atoms with E-state index in [1.165, 1.54) is 13.2 Å². The SMILES string of the molecule is COCc1cc(C(=O)NC(C)(C)C(N)=S)no1. The van der Waals surface area contributed by atoms with E-state index in [2.05, 4.69) is 10.5 Å². The zero-order valence-corrected chi connectivity index (χ0v) is 10.8. The van der Waals surface area contributed by atoms with Gasteiger partial charge in [0.2, 0.25) is 0 Å². The summed E-state index contributed by atoms with van der Waals surface area (Å²) in [6.45, 7) is 3.69. The van der Waals surface area contributed by atoms with Crippen LogP contribution in [0.15, 0.2) is 10.6 Å². The molecule has 0 unspecified atom stereocenters. The Bertz CT molecular complexity index is 428. The van der Waals surface area contributed by atoms with Gasteiger partial charge in [-0.2, -0.15) is 0 Å². The molecule has 0 aliphatic heterocycles. The maximum atomic E-state index is 11.8. The fourth-order valence-electron chi connectivity index (χ4n) is 1.04. The van der Waals surface area contributed by atoms with Crippen molar-refractivity contribution in [2.24, 2.45) is 5.73 Å². The summed E-state index contributed by atoms with van der Waals surface area (Å²) in [4.78, 5) is 12.0. The van der Waals surface area contributed by atoms with E-state index in [9.17, 15) is 4.79 Å². The molecule has 0 aliphatic rings. The van der Waals surface area contributed by atoms with Crippen molar-refractivity contribution >= 4 is 23.1 Å². The highest BCUT2D eigenvalue weighted by Gasteiger charge is 2.25. The molecule has 1 amide bonds. The molecular weight excluding hydrogens is 242 g/mol. The standard InChI is InChI=1S/C10H15N3O3S/c1-10(2,9(11)17)12-8(14)7-4-6(5-15-3)16-13-7/h4H,5H2,1-3H3,(H2,11,17)(H,12,14). The van der Waals surface area contributed by atoms with Crippen molar-refractivity contribution in [3.8, 4) is 0 Å². The molecule has 0 saturated heterocycles. The van der Waals surface area contributed by atoms with E-state index in [1.807, 2.05) is 0 Å². The molecule has 94 valence electrons. The summed E-state index contributed by atoms with van der Waals surface area (Å²) in [6, 6.07) is 1.51. The lowest BCUT2D eigenvalue weighted by Crippen LogP contribution is -2.52. The minimum Gasteiger partial charge on any atom is -0.391 e. The van der Waals surface area contributed by atoms with Gasteiger partial charge in [0.05, 0.1) is 10.5 Å². The third kappa shape index (κ3) is 3.50. The van der Waals surface area contributed by atoms with Gasteiger partial charge in [0.25, 0.3) is 5.91 Å². The van der Waals surface area contributed by atoms with Gasteiger partial charge in [0, 0.05) is 13.2 Å². The van der Waals surface area contributed by atoms with Crippen molar-refractivity contribution in [1.29, 1.82) is 0 Å². The minimum atomic E-state index is -0.771. The number of methoxy groups -OCH3 is 1. The number of ether oxygens (including phenoxy) is 1. The fraction of sp³-hybridized carbons (Fsp3) is 0.500. The fourth-order valence-corrected chi connectivity index (χ4v) is 1.09. The molecule has 0 aliphatic carbocycles. The number of thiocarbonyl (C=S) groups is 1. The molecule has 3 N–H and O–H groups in total. The maximum Gasteiger partial charge on any atom is 0.274 e. The first-order chi connectivity index (χ1) is 7.86. The van der Waals surface area contributed by atoms with Crippen LogP contribution in [-0.4, -0.2) is 28.7 Å². The van der Waals surface area contributed by atoms with Gasteiger partial charge in [-0.15, -0.1) is 0 Å². The first-order valence-corrected chi connectivity index (χ1v) is 5.34. The molecule has 0 aromatic carbocycles. The van der Waals surface area contributed by atoms with E-state index < -0.39 is 11.4 Å². The van der Waals surface area contributed by atoms with Crippen LogP contribution in [0.2, 0.25) is 0 Å². The summed E-state index contributed by atoms with van der Waals surface area (Å²) >= 11 is 4.85. The second-order valence-electron chi connectivity index (χ2n) is 4.05. The average molecular weight is 257 g/mol. The lowest BCUT2D eigenvalue weighted by Gasteiger charge is -2.23. The van der Waals surface area contributed by atoms with E-state index in [1.54, 1.807) is 13.8 Å². The van der Waals surface area contributed by atoms with Gasteiger partial charge >= 0.3 is 0 Å². The molecule has 7 heteroatoms. The van der Waals surface area contributed by atoms with Crippen LogP contribution >= 0.6 is 12.2 Å². The number of amides is 1. The number of hydrogen-bond donors (Lipinski definition) is 2. The van der Waals surface area contributed by atoms with Gasteiger partial charge in [-0.1, -0.05) is 17.4 Å². The van der Waals surface area contributed by atoms with Crippen LogP contribution in [0.4, 0.5) is 0 Å². The highest BCUT2D eigenvalue weighted by atomic mass is 32.1. The van der Waals surface area contributed by atoms with E-state index in [4.69, 9.17) is 27.2 Å². The zero-order valence-electron chi connectivity index (χ0n) is 9.94. The van der Waals surface area contributed by atoms with Crippen LogP contribution in [0.1, 0.15) is 30.1 Å². The van der Waals surface area contributed by atoms with E-state index >= 15 is 0 Å². The Morgan fingerprint density at radius 3 is 2.88 bits per heavy atom. The third-order valence-corrected chi connectivity index (χ3v) is 2.63. The Kier molecular flexibility index (Phi) is 4.19. The molecule has 1 heterocycles. The van der Waals surface area contributed by atoms with Crippen LogP contribution in [0.25, 0.3) is 0 Å². The highest BCUT2D eigenvalue weighted by Crippen LogP contribution is 2.08. The zero-order chi connectivity index (χ0) is 13.1. The van der Waals surface area contributed by atoms with Crippen molar-refractivity contribution < 1.29 is 14.1 Å². The Labute approximate surface area is 104 Å². The number of aromatic nitrogens is 1. The van der Waals surface area contributed by atoms with Crippen LogP contribution in [0.3, 0.4) is 0 Å². The first-order valence-electron chi connectivity index (χ1n) is 4.94. The average Bonchev–Trinajstić information content (AvgIpc) is 2.66. The number of rotatable bonds is 5. The summed E-state index contributed by atoms with van der Waals surface area (Å²) in [5, 5.41) is 6.29. The molecule has 1 rings (SSSR count). The molecule has 17 heavy (non-hydrogen) atoms. The molecule has 0 saturated carbocycles. The molecule has 1 aromatic heterocycles. The molecular formula is C10H15N3O3S. The highest BCUT2D eigenvalue weighted by molar-refractivity contribution is 7.80. The largest absolute Gasteiger partial charge is 0.391 e. The summed E-state index contributed by atoms with van der Waals surface area (Å²) < 4.78 is 9.76. The van der Waals surface area contributed by atoms with Gasteiger partial charge in [-0.25, -0.2) is 0 Å². The normalized spacial score (nSPS) is 11.2. The maximum absolute atomic E-state index is 11.8. The summed E-state index contributed by atoms with van der Waals surface area (Å²) in [5.41, 5.74) is 4.90. The second kappa shape index (κ2) is 5.24. The van der Waals surface area contributed by atoms with Crippen LogP contribution in [0, 0.1) is 0 Å². The van der Waals surface area contributed by atoms with Gasteiger partial charge in [-0.05, 0) is 13.8 Å². The number of carbonyl (C=O) groups excluding carboxylic acids is 1. The predicted molar refractivity (Wildman–Crippen MR) is 65.5 cm³/mol. The number of carbonyl (C=O) groups is 1. The molecule has 1 aromatic rings. The smallest absolute Gasteiger partial charge is 0.274 e. The van der Waals surface area contributed by atoms with Crippen molar-refractivity contribution in [3.05, 3.63) is 17.5 Å². The Morgan fingerprint density at radius 1 is 1.71 bits per heavy atom. The lowest BCUT2D eigenvalue weighted by molar-refractivity contribution is 0.0922. The number of nitrogens with one attached hydrogen (secondary N) is 1. The number of nitrogens with zero attached hydrogens (tertiary/aromatic N) is 1. The van der Waals surface area contributed by atoms with Crippen LogP contribution in [-0.2, 0) is 11.3 Å². The number of hydrogen-bond acceptors (Lipinski definition) is 5. The topological polar surface area (TPSA) is 90.4 Å². The van der Waals surface area contributed by atoms with Gasteiger partial charge in [0.15, 0.2) is 11.5 Å². The van der Waals surface area contributed by atoms with Crippen molar-refractivity contribution in [2.45, 2.75) is 26.0 Å². The summed E-state index contributed by atoms with van der Waals surface area (Å²) in [6.07, 6.45) is 0. The molecule has 0 spiro atoms. The predicted octanol–water partition coefficient (Wildman–Crippen LogP) is 0.615. The lowest BCUT2D eigenvalue weighted by atomic mass is 10.1. The van der Waals surface area contributed by atoms with Gasteiger partial charge < -0.3 is 20.3 Å². The van der Waals surface area contributed by atoms with E-state index in [-0.39, 0.29) is 17.3 Å². The second-order valence-corrected chi connectivity index (χ2v) is 4.49. The van der Waals surface area contributed by atoms with Crippen molar-refractivity contribution in [2.75, 3.05) is 7.11 Å². The van der Waals surface area contributed by atoms with Gasteiger partial charge in [-0.3, -0.25) is 4.79 Å². The first kappa shape index (κ1) is 13.6. The molecule has 0 bridgehead atoms. The Hall–Kier alpha value is -1.47. The van der Waals surface area contributed by atoms with Crippen LogP contribution < -0.4 is 11.1 Å². The van der Waals surface area contributed by atoms with Crippen molar-refractivity contribution in [3.63, 3.8) is 0 Å². The molecule has 6 nitrogen and oxygen atoms in total. The van der Waals surface area contributed by atoms with Crippen molar-refractivity contribution in [1.82, 2.24) is 10.5 Å². The van der Waals surface area contributed by atoms with Gasteiger partial charge in [0.1, 0.15) is 6.61 Å². The molecule has 0 fully saturated rings. The summed E-state index contributed by atoms with van der Waals surface area (Å²) in [7, 11) is 1.53. The number of nitrogens with two attached hydrogens (primary N) is 1. The van der Waals surface area contributed by atoms with E-state index in [0.717, 1.165) is 0 Å². The monoisotopic (exact) mass is 257 g/mol. The minimum absolute atomic E-state index is 0.168. The Morgan fingerprint density at radius 2 is 2.35 bits per heavy atom. The molecule has 0 radical (unpaired) electrons. The van der Waals surface area contributed by atoms with E-state index in [0.29, 0.717) is 5.76 Å². The third-order valence-electron chi connectivity index (χ3n) is 2.12. The quantitative estimate of drug-likeness (QED) is 0.751.